The first kappa shape index (κ1) is 6.53. The summed E-state index contributed by atoms with van der Waals surface area (Å²) < 4.78 is 3.23. The Morgan fingerprint density at radius 2 is 1.88 bits per heavy atom. The van der Waals surface area contributed by atoms with Crippen molar-refractivity contribution in [2.24, 2.45) is 0 Å². The molecule has 0 aromatic rings. The van der Waals surface area contributed by atoms with Gasteiger partial charge >= 0.3 is 60.5 Å². The van der Waals surface area contributed by atoms with Crippen LogP contribution in [-0.4, -0.2) is 24.2 Å². The second kappa shape index (κ2) is 2.34. The third-order valence-electron chi connectivity index (χ3n) is 1.82. The number of hydrogen-bond donors (Lipinski definition) is 0. The van der Waals surface area contributed by atoms with E-state index >= 15 is 0 Å². The summed E-state index contributed by atoms with van der Waals surface area (Å²) in [6.45, 7) is 6.84. The molecule has 0 unspecified atom stereocenters. The minimum atomic E-state index is -0.0284. The number of allylic oxidation sites excluding steroid dienone is 2. The molecule has 0 nitrogen and oxygen atoms in total. The molecule has 0 amide bonds. The fourth-order valence-electron chi connectivity index (χ4n) is 0.850. The van der Waals surface area contributed by atoms with Gasteiger partial charge in [0.15, 0.2) is 0 Å². The van der Waals surface area contributed by atoms with Crippen LogP contribution in [0.15, 0.2) is 11.1 Å². The quantitative estimate of drug-likeness (QED) is 0.537. The van der Waals surface area contributed by atoms with Crippen LogP contribution in [0.4, 0.5) is 0 Å². The third-order valence-corrected chi connectivity index (χ3v) is 6.42. The Morgan fingerprint density at radius 3 is 2.00 bits per heavy atom. The van der Waals surface area contributed by atoms with Crippen LogP contribution in [0.1, 0.15) is 20.8 Å². The van der Waals surface area contributed by atoms with Crippen LogP contribution in [0.3, 0.4) is 0 Å². The van der Waals surface area contributed by atoms with Crippen molar-refractivity contribution in [1.29, 1.82) is 0 Å². The van der Waals surface area contributed by atoms with Crippen LogP contribution in [-0.2, 0) is 0 Å². The molecule has 0 saturated heterocycles. The molecule has 0 bridgehead atoms. The van der Waals surface area contributed by atoms with Gasteiger partial charge in [0.05, 0.1) is 0 Å². The van der Waals surface area contributed by atoms with E-state index in [1.165, 1.54) is 4.44 Å². The van der Waals surface area contributed by atoms with Crippen molar-refractivity contribution in [3.8, 4) is 0 Å². The average Bonchev–Trinajstić information content (AvgIpc) is 1.98. The summed E-state index contributed by atoms with van der Waals surface area (Å²) in [5, 5.41) is 0. The van der Waals surface area contributed by atoms with Gasteiger partial charge in [-0.3, -0.25) is 0 Å². The molecular weight excluding hydrogens is 203 g/mol. The first-order chi connectivity index (χ1) is 3.72. The molecule has 0 saturated carbocycles. The molecule has 0 N–H and O–H groups in total. The van der Waals surface area contributed by atoms with E-state index in [1.807, 2.05) is 0 Å². The number of hydrogen-bond acceptors (Lipinski definition) is 0. The van der Waals surface area contributed by atoms with Gasteiger partial charge < -0.3 is 0 Å². The zero-order valence-electron chi connectivity index (χ0n) is 5.71. The molecule has 0 spiro atoms. The van der Waals surface area contributed by atoms with Crippen LogP contribution in [0.2, 0.25) is 4.44 Å². The van der Waals surface area contributed by atoms with Crippen molar-refractivity contribution in [3.63, 3.8) is 0 Å². The van der Waals surface area contributed by atoms with Gasteiger partial charge in [0.25, 0.3) is 0 Å². The fourth-order valence-corrected chi connectivity index (χ4v) is 4.49. The van der Waals surface area contributed by atoms with Gasteiger partial charge in [-0.25, -0.2) is 0 Å². The molecule has 1 aliphatic rings. The first-order valence-corrected chi connectivity index (χ1v) is 6.40. The second-order valence-electron chi connectivity index (χ2n) is 2.38. The van der Waals surface area contributed by atoms with Crippen molar-refractivity contribution < 1.29 is 0 Å². The Hall–Kier alpha value is 0.409. The van der Waals surface area contributed by atoms with E-state index in [0.29, 0.717) is 0 Å². The Morgan fingerprint density at radius 1 is 1.25 bits per heavy atom. The van der Waals surface area contributed by atoms with Crippen molar-refractivity contribution in [2.45, 2.75) is 25.2 Å². The molecule has 0 fully saturated rings. The molecule has 0 aromatic heterocycles. The van der Waals surface area contributed by atoms with E-state index in [2.05, 4.69) is 20.8 Å². The molecule has 8 heavy (non-hydrogen) atoms. The van der Waals surface area contributed by atoms with Crippen LogP contribution < -0.4 is 0 Å². The average molecular weight is 214 g/mol. The first-order valence-electron chi connectivity index (χ1n) is 2.96. The van der Waals surface area contributed by atoms with Crippen molar-refractivity contribution >= 4 is 24.2 Å². The fraction of sp³-hybridized carbons (Fsp3) is 0.571. The van der Waals surface area contributed by atoms with E-state index < -0.39 is 0 Å². The molecule has 1 heterocycles. The van der Waals surface area contributed by atoms with Gasteiger partial charge in [-0.1, -0.05) is 0 Å². The maximum atomic E-state index is 2.30. The summed E-state index contributed by atoms with van der Waals surface area (Å²) in [6.07, 6.45) is 0. The van der Waals surface area contributed by atoms with Crippen LogP contribution in [0.25, 0.3) is 0 Å². The van der Waals surface area contributed by atoms with Crippen LogP contribution in [0.5, 0.6) is 0 Å². The van der Waals surface area contributed by atoms with E-state index in [1.54, 1.807) is 14.7 Å². The normalized spacial score (nSPS) is 19.6. The SMILES string of the molecule is C[C]1=[Sn][CH2]C(C)=C1C. The summed E-state index contributed by atoms with van der Waals surface area (Å²) in [7, 11) is 0. The Balaban J connectivity index is 2.88. The molecular formula is C7H11Sn. The zero-order valence-corrected chi connectivity index (χ0v) is 8.56. The van der Waals surface area contributed by atoms with Gasteiger partial charge in [0, 0.05) is 0 Å². The van der Waals surface area contributed by atoms with Gasteiger partial charge in [-0.15, -0.1) is 0 Å². The summed E-state index contributed by atoms with van der Waals surface area (Å²) in [5.74, 6) is 0. The van der Waals surface area contributed by atoms with Gasteiger partial charge in [-0.2, -0.15) is 0 Å². The van der Waals surface area contributed by atoms with E-state index in [-0.39, 0.29) is 20.7 Å². The van der Waals surface area contributed by atoms with Crippen molar-refractivity contribution in [3.05, 3.63) is 11.1 Å². The van der Waals surface area contributed by atoms with Crippen LogP contribution in [0, 0.1) is 0 Å². The molecule has 43 valence electrons. The van der Waals surface area contributed by atoms with Gasteiger partial charge in [0.1, 0.15) is 0 Å². The molecule has 1 heteroatoms. The topological polar surface area (TPSA) is 0 Å². The monoisotopic (exact) mass is 215 g/mol. The Bertz CT molecular complexity index is 158. The summed E-state index contributed by atoms with van der Waals surface area (Å²) >= 11 is -0.0284. The minimum absolute atomic E-state index is 0.0284. The predicted molar refractivity (Wildman–Crippen MR) is 39.6 cm³/mol. The van der Waals surface area contributed by atoms with Gasteiger partial charge in [0.2, 0.25) is 0 Å². The zero-order chi connectivity index (χ0) is 6.15. The number of rotatable bonds is 0. The molecule has 1 aliphatic heterocycles. The molecule has 1 radical (unpaired) electrons. The Kier molecular flexibility index (Phi) is 1.91. The summed E-state index contributed by atoms with van der Waals surface area (Å²) in [6, 6.07) is 0. The summed E-state index contributed by atoms with van der Waals surface area (Å²) in [5.41, 5.74) is 3.28. The third kappa shape index (κ3) is 1.04. The van der Waals surface area contributed by atoms with E-state index in [4.69, 9.17) is 0 Å². The summed E-state index contributed by atoms with van der Waals surface area (Å²) in [4.78, 5) is 0. The maximum absolute atomic E-state index is 2.30. The van der Waals surface area contributed by atoms with E-state index in [9.17, 15) is 0 Å². The molecule has 0 aromatic carbocycles. The van der Waals surface area contributed by atoms with Crippen molar-refractivity contribution in [1.82, 2.24) is 0 Å². The van der Waals surface area contributed by atoms with Crippen LogP contribution >= 0.6 is 0 Å². The standard InChI is InChI=1S/C7H11.Sn/c1-5-7(4)6(2)3;/h2H2,1,3-4H3;. The molecule has 0 atom stereocenters. The van der Waals surface area contributed by atoms with Gasteiger partial charge in [-0.05, 0) is 0 Å². The van der Waals surface area contributed by atoms with Crippen molar-refractivity contribution in [2.75, 3.05) is 0 Å². The predicted octanol–water partition coefficient (Wildman–Crippen LogP) is 1.65. The molecule has 0 aliphatic carbocycles. The molecule has 1 rings (SSSR count). The second-order valence-corrected chi connectivity index (χ2v) is 6.54. The van der Waals surface area contributed by atoms with E-state index in [0.717, 1.165) is 0 Å². The Labute approximate surface area is 60.7 Å².